The van der Waals surface area contributed by atoms with Crippen molar-refractivity contribution in [2.75, 3.05) is 37.6 Å². The van der Waals surface area contributed by atoms with Crippen LogP contribution >= 0.6 is 0 Å². The lowest BCUT2D eigenvalue weighted by Gasteiger charge is -2.38. The maximum absolute atomic E-state index is 12.1. The van der Waals surface area contributed by atoms with E-state index in [-0.39, 0.29) is 29.8 Å². The first-order valence-electron chi connectivity index (χ1n) is 14.6. The summed E-state index contributed by atoms with van der Waals surface area (Å²) >= 11 is 0. The number of nitrogens with zero attached hydrogens (tertiary/aromatic N) is 6. The maximum atomic E-state index is 12.1. The van der Waals surface area contributed by atoms with E-state index in [0.717, 1.165) is 10.4 Å². The largest absolute Gasteiger partial charge is 0.444 e. The molecule has 2 aromatic rings. The Morgan fingerprint density at radius 3 is 1.45 bits per heavy atom. The van der Waals surface area contributed by atoms with Crippen molar-refractivity contribution in [1.29, 1.82) is 0 Å². The Morgan fingerprint density at radius 1 is 0.727 bits per heavy atom. The highest BCUT2D eigenvalue weighted by atomic mass is 16.6. The zero-order valence-corrected chi connectivity index (χ0v) is 27.4. The van der Waals surface area contributed by atoms with Crippen LogP contribution < -0.4 is 11.5 Å². The molecule has 5 N–H and O–H groups in total. The molecule has 2 amide bonds. The van der Waals surface area contributed by atoms with Crippen LogP contribution in [0.1, 0.15) is 85.5 Å². The van der Waals surface area contributed by atoms with Gasteiger partial charge in [-0.25, -0.2) is 14.4 Å². The van der Waals surface area contributed by atoms with Crippen LogP contribution in [0, 0.1) is 0 Å². The molecule has 44 heavy (non-hydrogen) atoms. The third-order valence-electron chi connectivity index (χ3n) is 6.36. The minimum atomic E-state index is -0.759. The highest BCUT2D eigenvalue weighted by Crippen LogP contribution is 2.30. The van der Waals surface area contributed by atoms with Gasteiger partial charge < -0.3 is 40.5 Å². The zero-order valence-electron chi connectivity index (χ0n) is 27.4. The number of rotatable bonds is 3. The molecule has 0 saturated carbocycles. The predicted molar refractivity (Wildman–Crippen MR) is 165 cm³/mol. The number of anilines is 2. The van der Waals surface area contributed by atoms with Crippen molar-refractivity contribution in [2.45, 2.75) is 97.8 Å². The van der Waals surface area contributed by atoms with Gasteiger partial charge in [0.1, 0.15) is 28.4 Å². The van der Waals surface area contributed by atoms with Gasteiger partial charge in [0.25, 0.3) is 0 Å². The minimum absolute atomic E-state index is 0.0310. The second-order valence-corrected chi connectivity index (χ2v) is 14.1. The summed E-state index contributed by atoms with van der Waals surface area (Å²) in [6.07, 6.45) is -1.27. The van der Waals surface area contributed by atoms with Gasteiger partial charge >= 0.3 is 25.3 Å². The summed E-state index contributed by atoms with van der Waals surface area (Å²) in [5, 5.41) is 18.0. The van der Waals surface area contributed by atoms with Crippen molar-refractivity contribution in [2.24, 2.45) is 0 Å². The SMILES string of the molecule is CB(O)n1nc(C2CN(C(=O)OC(C)(C)C)C2)cc1N.CC(C)(C)OC(=O)N1CC(c2cc(N)n(C(=O)OC(C)(C)C)n2)C1. The van der Waals surface area contributed by atoms with E-state index >= 15 is 0 Å². The quantitative estimate of drug-likeness (QED) is 0.337. The Kier molecular flexibility index (Phi) is 9.88. The van der Waals surface area contributed by atoms with E-state index in [2.05, 4.69) is 10.2 Å². The molecule has 0 unspecified atom stereocenters. The number of hydrogen-bond donors (Lipinski definition) is 3. The van der Waals surface area contributed by atoms with E-state index < -0.39 is 29.9 Å². The van der Waals surface area contributed by atoms with Crippen molar-refractivity contribution < 1.29 is 33.6 Å². The molecule has 0 aromatic carbocycles. The standard InChI is InChI=1S/C16H26N4O4.C12H21BN4O3/c1-15(2,3)23-13(21)19-8-10(9-19)11-7-12(17)20(18-11)14(22)24-16(4,5)6;1-12(2,3)20-11(18)16-6-8(7-16)9-5-10(14)17(15-9)13(4)19/h7,10H,8-9,17H2,1-6H3;5,8,19H,6-7,14H2,1-4H3. The number of ether oxygens (including phenoxy) is 3. The van der Waals surface area contributed by atoms with Crippen LogP contribution in [0.4, 0.5) is 26.0 Å². The molecule has 2 aliphatic heterocycles. The molecule has 2 aliphatic rings. The van der Waals surface area contributed by atoms with E-state index in [1.807, 2.05) is 41.5 Å². The van der Waals surface area contributed by atoms with Gasteiger partial charge in [0, 0.05) is 50.1 Å². The molecule has 2 aromatic heterocycles. The fourth-order valence-corrected chi connectivity index (χ4v) is 4.28. The number of hydrogen-bond acceptors (Lipinski definition) is 11. The Hall–Kier alpha value is -3.95. The molecule has 0 aliphatic carbocycles. The smallest absolute Gasteiger partial charge is 0.437 e. The first-order valence-corrected chi connectivity index (χ1v) is 14.6. The summed E-state index contributed by atoms with van der Waals surface area (Å²) in [6.45, 7) is 20.0. The number of likely N-dealkylation sites (tertiary alicyclic amines) is 2. The molecule has 244 valence electrons. The summed E-state index contributed by atoms with van der Waals surface area (Å²) in [5.41, 5.74) is 11.4. The fourth-order valence-electron chi connectivity index (χ4n) is 4.28. The minimum Gasteiger partial charge on any atom is -0.444 e. The van der Waals surface area contributed by atoms with Crippen LogP contribution in [0.5, 0.6) is 0 Å². The van der Waals surface area contributed by atoms with Crippen LogP contribution in [0.25, 0.3) is 0 Å². The first-order chi connectivity index (χ1) is 20.0. The topological polar surface area (TPSA) is 193 Å². The van der Waals surface area contributed by atoms with Crippen LogP contribution in [-0.2, 0) is 14.2 Å². The first kappa shape index (κ1) is 34.5. The molecular formula is C28H47BN8O7. The number of nitrogens with two attached hydrogens (primary N) is 2. The van der Waals surface area contributed by atoms with Crippen molar-refractivity contribution in [3.8, 4) is 0 Å². The maximum Gasteiger partial charge on any atom is 0.437 e. The normalized spacial score (nSPS) is 15.9. The van der Waals surface area contributed by atoms with E-state index in [9.17, 15) is 19.4 Å². The lowest BCUT2D eigenvalue weighted by atomic mass is 9.89. The molecule has 2 fully saturated rings. The van der Waals surface area contributed by atoms with Gasteiger partial charge in [0.15, 0.2) is 0 Å². The number of amides is 2. The summed E-state index contributed by atoms with van der Waals surface area (Å²) in [7, 11) is -0.759. The van der Waals surface area contributed by atoms with Gasteiger partial charge in [-0.15, -0.1) is 4.68 Å². The van der Waals surface area contributed by atoms with E-state index in [1.54, 1.807) is 49.5 Å². The molecule has 4 heterocycles. The average molecular weight is 619 g/mol. The van der Waals surface area contributed by atoms with Crippen molar-refractivity contribution in [3.63, 3.8) is 0 Å². The zero-order chi connectivity index (χ0) is 33.4. The summed E-state index contributed by atoms with van der Waals surface area (Å²) in [4.78, 5) is 39.0. The Balaban J connectivity index is 0.000000244. The van der Waals surface area contributed by atoms with E-state index in [0.29, 0.717) is 37.7 Å². The van der Waals surface area contributed by atoms with Gasteiger partial charge in [-0.3, -0.25) is 4.59 Å². The Morgan fingerprint density at radius 2 is 1.09 bits per heavy atom. The summed E-state index contributed by atoms with van der Waals surface area (Å²) < 4.78 is 18.3. The van der Waals surface area contributed by atoms with Crippen molar-refractivity contribution in [1.82, 2.24) is 29.3 Å². The lowest BCUT2D eigenvalue weighted by molar-refractivity contribution is 0.00689. The highest BCUT2D eigenvalue weighted by Gasteiger charge is 2.38. The highest BCUT2D eigenvalue weighted by molar-refractivity contribution is 6.47. The molecule has 0 spiro atoms. The monoisotopic (exact) mass is 618 g/mol. The molecule has 15 nitrogen and oxygen atoms in total. The van der Waals surface area contributed by atoms with Gasteiger partial charge in [0.2, 0.25) is 0 Å². The molecule has 4 rings (SSSR count). The molecule has 0 radical (unpaired) electrons. The van der Waals surface area contributed by atoms with Gasteiger partial charge in [-0.2, -0.15) is 10.2 Å². The number of nitrogen functional groups attached to an aromatic ring is 2. The third kappa shape index (κ3) is 9.28. The Bertz CT molecular complexity index is 1340. The van der Waals surface area contributed by atoms with Gasteiger partial charge in [-0.1, -0.05) is 0 Å². The molecular weight excluding hydrogens is 571 g/mol. The lowest BCUT2D eigenvalue weighted by Crippen LogP contribution is -2.50. The number of carbonyl (C=O) groups excluding carboxylic acids is 3. The fraction of sp³-hybridized carbons (Fsp3) is 0.679. The second-order valence-electron chi connectivity index (χ2n) is 14.1. The average Bonchev–Trinajstić information content (AvgIpc) is 3.31. The van der Waals surface area contributed by atoms with Gasteiger partial charge in [0.05, 0.1) is 11.4 Å². The van der Waals surface area contributed by atoms with E-state index in [1.165, 1.54) is 4.59 Å². The third-order valence-corrected chi connectivity index (χ3v) is 6.36. The number of aromatic nitrogens is 4. The summed E-state index contributed by atoms with van der Waals surface area (Å²) in [5.74, 6) is 0.814. The predicted octanol–water partition coefficient (Wildman–Crippen LogP) is 3.34. The van der Waals surface area contributed by atoms with Gasteiger partial charge in [-0.05, 0) is 69.1 Å². The van der Waals surface area contributed by atoms with Crippen molar-refractivity contribution >= 4 is 37.0 Å². The van der Waals surface area contributed by atoms with E-state index in [4.69, 9.17) is 25.7 Å². The molecule has 0 atom stereocenters. The van der Waals surface area contributed by atoms with Crippen LogP contribution in [0.15, 0.2) is 12.1 Å². The van der Waals surface area contributed by atoms with Crippen LogP contribution in [0.3, 0.4) is 0 Å². The molecule has 0 bridgehead atoms. The Labute approximate surface area is 258 Å². The van der Waals surface area contributed by atoms with Crippen LogP contribution in [-0.4, -0.2) is 103 Å². The molecule has 2 saturated heterocycles. The van der Waals surface area contributed by atoms with Crippen LogP contribution in [0.2, 0.25) is 6.82 Å². The number of carbonyl (C=O) groups is 3. The van der Waals surface area contributed by atoms with Crippen molar-refractivity contribution in [3.05, 3.63) is 23.5 Å². The molecule has 16 heteroatoms. The second kappa shape index (κ2) is 12.6. The summed E-state index contributed by atoms with van der Waals surface area (Å²) in [6, 6.07) is 3.38.